The molecule has 0 radical (unpaired) electrons. The SMILES string of the molecule is O=C(O)C(F)C1C(=O)Nc2ccc(Br)cc21. The number of rotatable bonds is 2. The van der Waals surface area contributed by atoms with Gasteiger partial charge in [-0.05, 0) is 23.8 Å². The highest BCUT2D eigenvalue weighted by Gasteiger charge is 2.41. The maximum absolute atomic E-state index is 13.4. The number of amides is 1. The Morgan fingerprint density at radius 2 is 2.25 bits per heavy atom. The number of carbonyl (C=O) groups excluding carboxylic acids is 1. The zero-order chi connectivity index (χ0) is 11.9. The first-order chi connectivity index (χ1) is 7.50. The molecule has 0 aromatic heterocycles. The molecule has 2 N–H and O–H groups in total. The normalized spacial score (nSPS) is 20.1. The van der Waals surface area contributed by atoms with Gasteiger partial charge >= 0.3 is 5.97 Å². The highest BCUT2D eigenvalue weighted by molar-refractivity contribution is 9.10. The Labute approximate surface area is 98.6 Å². The van der Waals surface area contributed by atoms with Crippen LogP contribution >= 0.6 is 15.9 Å². The standard InChI is InChI=1S/C10H7BrFNO3/c11-4-1-2-6-5(3-4)7(9(14)13-6)8(12)10(15)16/h1-3,7-8H,(H,13,14)(H,15,16). The van der Waals surface area contributed by atoms with E-state index in [9.17, 15) is 14.0 Å². The summed E-state index contributed by atoms with van der Waals surface area (Å²) in [6, 6.07) is 4.84. The van der Waals surface area contributed by atoms with Crippen molar-refractivity contribution in [1.82, 2.24) is 0 Å². The van der Waals surface area contributed by atoms with Crippen molar-refractivity contribution in [3.63, 3.8) is 0 Å². The summed E-state index contributed by atoms with van der Waals surface area (Å²) in [7, 11) is 0. The lowest BCUT2D eigenvalue weighted by Crippen LogP contribution is -2.28. The second kappa shape index (κ2) is 3.86. The Morgan fingerprint density at radius 3 is 2.88 bits per heavy atom. The summed E-state index contributed by atoms with van der Waals surface area (Å²) in [5.41, 5.74) is 0.830. The number of aliphatic carboxylic acids is 1. The Hall–Kier alpha value is -1.43. The van der Waals surface area contributed by atoms with Crippen LogP contribution < -0.4 is 5.32 Å². The summed E-state index contributed by atoms with van der Waals surface area (Å²) in [5, 5.41) is 11.0. The Morgan fingerprint density at radius 1 is 1.56 bits per heavy atom. The van der Waals surface area contributed by atoms with Gasteiger partial charge < -0.3 is 10.4 Å². The summed E-state index contributed by atoms with van der Waals surface area (Å²) in [6.07, 6.45) is -2.23. The van der Waals surface area contributed by atoms with Gasteiger partial charge in [-0.2, -0.15) is 0 Å². The molecular formula is C10H7BrFNO3. The van der Waals surface area contributed by atoms with Crippen molar-refractivity contribution in [3.05, 3.63) is 28.2 Å². The van der Waals surface area contributed by atoms with E-state index in [0.29, 0.717) is 15.7 Å². The van der Waals surface area contributed by atoms with Crippen molar-refractivity contribution < 1.29 is 19.1 Å². The molecule has 0 fully saturated rings. The fraction of sp³-hybridized carbons (Fsp3) is 0.200. The summed E-state index contributed by atoms with van der Waals surface area (Å²) in [4.78, 5) is 22.0. The van der Waals surface area contributed by atoms with Gasteiger partial charge in [0.2, 0.25) is 12.1 Å². The first kappa shape index (κ1) is 11.1. The minimum Gasteiger partial charge on any atom is -0.479 e. The highest BCUT2D eigenvalue weighted by atomic mass is 79.9. The zero-order valence-corrected chi connectivity index (χ0v) is 9.49. The molecule has 2 atom stereocenters. The van der Waals surface area contributed by atoms with Crippen molar-refractivity contribution in [1.29, 1.82) is 0 Å². The lowest BCUT2D eigenvalue weighted by molar-refractivity contribution is -0.145. The van der Waals surface area contributed by atoms with Crippen LogP contribution in [-0.4, -0.2) is 23.2 Å². The van der Waals surface area contributed by atoms with Crippen molar-refractivity contribution in [2.24, 2.45) is 0 Å². The van der Waals surface area contributed by atoms with Gasteiger partial charge in [0.1, 0.15) is 5.92 Å². The van der Waals surface area contributed by atoms with Crippen molar-refractivity contribution >= 4 is 33.5 Å². The number of alkyl halides is 1. The molecule has 1 aromatic carbocycles. The van der Waals surface area contributed by atoms with Crippen LogP contribution in [0.2, 0.25) is 0 Å². The maximum atomic E-state index is 13.4. The molecule has 1 aromatic rings. The van der Waals surface area contributed by atoms with E-state index in [0.717, 1.165) is 0 Å². The molecule has 1 aliphatic heterocycles. The third-order valence-electron chi connectivity index (χ3n) is 2.42. The number of benzene rings is 1. The number of carbonyl (C=O) groups is 2. The largest absolute Gasteiger partial charge is 0.479 e. The van der Waals surface area contributed by atoms with E-state index >= 15 is 0 Å². The third-order valence-corrected chi connectivity index (χ3v) is 2.91. The second-order valence-corrected chi connectivity index (χ2v) is 4.35. The molecule has 1 amide bonds. The molecular weight excluding hydrogens is 281 g/mol. The average molecular weight is 288 g/mol. The number of anilines is 1. The van der Waals surface area contributed by atoms with Gasteiger partial charge in [-0.25, -0.2) is 9.18 Å². The van der Waals surface area contributed by atoms with Crippen LogP contribution in [0.5, 0.6) is 0 Å². The van der Waals surface area contributed by atoms with Crippen LogP contribution in [0.25, 0.3) is 0 Å². The van der Waals surface area contributed by atoms with Crippen LogP contribution in [0.1, 0.15) is 11.5 Å². The van der Waals surface area contributed by atoms with Crippen LogP contribution in [0.4, 0.5) is 10.1 Å². The predicted molar refractivity (Wildman–Crippen MR) is 58.0 cm³/mol. The molecule has 1 heterocycles. The molecule has 16 heavy (non-hydrogen) atoms. The van der Waals surface area contributed by atoms with Gasteiger partial charge in [0.25, 0.3) is 0 Å². The number of hydrogen-bond acceptors (Lipinski definition) is 2. The fourth-order valence-electron chi connectivity index (χ4n) is 1.69. The Balaban J connectivity index is 2.46. The molecule has 0 bridgehead atoms. The molecule has 4 nitrogen and oxygen atoms in total. The molecule has 0 saturated carbocycles. The number of carboxylic acids is 1. The fourth-order valence-corrected chi connectivity index (χ4v) is 2.07. The van der Waals surface area contributed by atoms with Crippen LogP contribution in [0.3, 0.4) is 0 Å². The van der Waals surface area contributed by atoms with Crippen LogP contribution in [-0.2, 0) is 9.59 Å². The molecule has 0 spiro atoms. The van der Waals surface area contributed by atoms with Gasteiger partial charge in [-0.3, -0.25) is 4.79 Å². The molecule has 2 rings (SSSR count). The number of halogens is 2. The van der Waals surface area contributed by atoms with Crippen LogP contribution in [0.15, 0.2) is 22.7 Å². The predicted octanol–water partition coefficient (Wildman–Crippen LogP) is 1.91. The van der Waals surface area contributed by atoms with E-state index in [1.165, 1.54) is 0 Å². The van der Waals surface area contributed by atoms with E-state index in [1.807, 2.05) is 0 Å². The number of hydrogen-bond donors (Lipinski definition) is 2. The van der Waals surface area contributed by atoms with Crippen molar-refractivity contribution in [3.8, 4) is 0 Å². The number of carboxylic acid groups (broad SMARTS) is 1. The quantitative estimate of drug-likeness (QED) is 0.873. The van der Waals surface area contributed by atoms with E-state index in [1.54, 1.807) is 18.2 Å². The summed E-state index contributed by atoms with van der Waals surface area (Å²) >= 11 is 3.19. The molecule has 6 heteroatoms. The average Bonchev–Trinajstić information content (AvgIpc) is 2.52. The molecule has 0 saturated heterocycles. The summed E-state index contributed by atoms with van der Waals surface area (Å²) < 4.78 is 14.1. The van der Waals surface area contributed by atoms with E-state index in [-0.39, 0.29) is 0 Å². The number of nitrogens with one attached hydrogen (secondary N) is 1. The van der Waals surface area contributed by atoms with Gasteiger partial charge in [-0.15, -0.1) is 0 Å². The summed E-state index contributed by atoms with van der Waals surface area (Å²) in [5.74, 6) is -3.53. The third kappa shape index (κ3) is 1.69. The molecule has 1 aliphatic rings. The summed E-state index contributed by atoms with van der Waals surface area (Å²) in [6.45, 7) is 0. The lowest BCUT2D eigenvalue weighted by atomic mass is 9.96. The topological polar surface area (TPSA) is 66.4 Å². The molecule has 2 unspecified atom stereocenters. The smallest absolute Gasteiger partial charge is 0.339 e. The minimum absolute atomic E-state index is 0.370. The minimum atomic E-state index is -2.23. The van der Waals surface area contributed by atoms with E-state index < -0.39 is 24.0 Å². The monoisotopic (exact) mass is 287 g/mol. The van der Waals surface area contributed by atoms with Gasteiger partial charge in [-0.1, -0.05) is 15.9 Å². The molecule has 0 aliphatic carbocycles. The van der Waals surface area contributed by atoms with Gasteiger partial charge in [0, 0.05) is 10.2 Å². The second-order valence-electron chi connectivity index (χ2n) is 3.44. The van der Waals surface area contributed by atoms with Gasteiger partial charge in [0.15, 0.2) is 0 Å². The van der Waals surface area contributed by atoms with Crippen LogP contribution in [0, 0.1) is 0 Å². The first-order valence-corrected chi connectivity index (χ1v) is 5.27. The van der Waals surface area contributed by atoms with Crippen molar-refractivity contribution in [2.75, 3.05) is 5.32 Å². The Bertz CT molecular complexity index is 477. The Kier molecular flexibility index (Phi) is 2.67. The molecule has 84 valence electrons. The van der Waals surface area contributed by atoms with E-state index in [4.69, 9.17) is 5.11 Å². The highest BCUT2D eigenvalue weighted by Crippen LogP contribution is 2.37. The lowest BCUT2D eigenvalue weighted by Gasteiger charge is -2.10. The van der Waals surface area contributed by atoms with E-state index in [2.05, 4.69) is 21.2 Å². The zero-order valence-electron chi connectivity index (χ0n) is 7.91. The van der Waals surface area contributed by atoms with Gasteiger partial charge in [0.05, 0.1) is 0 Å². The first-order valence-electron chi connectivity index (χ1n) is 4.48. The maximum Gasteiger partial charge on any atom is 0.339 e. The number of fused-ring (bicyclic) bond motifs is 1. The van der Waals surface area contributed by atoms with Crippen molar-refractivity contribution in [2.45, 2.75) is 12.1 Å².